The Kier molecular flexibility index (Phi) is 3.37. The number of benzene rings is 1. The number of hydrogen-bond donors (Lipinski definition) is 1. The van der Waals surface area contributed by atoms with Gasteiger partial charge in [0.1, 0.15) is 11.9 Å². The number of carbonyl (C=O) groups excluding carboxylic acids is 1. The lowest BCUT2D eigenvalue weighted by molar-refractivity contribution is -0.128. The molecule has 5 heteroatoms. The van der Waals surface area contributed by atoms with Gasteiger partial charge in [-0.3, -0.25) is 4.79 Å². The minimum atomic E-state index is -0.0547. The Balaban J connectivity index is 1.55. The third kappa shape index (κ3) is 2.55. The monoisotopic (exact) mass is 280 g/mol. The molecule has 0 saturated carbocycles. The summed E-state index contributed by atoms with van der Waals surface area (Å²) >= 11 is 5.97. The molecule has 0 aliphatic carbocycles. The van der Waals surface area contributed by atoms with Gasteiger partial charge in [0.25, 0.3) is 0 Å². The SMILES string of the molecule is CN1CCC(NCC2Cc3cc(Cl)ccc3O2)C1=O. The van der Waals surface area contributed by atoms with Crippen LogP contribution in [0.2, 0.25) is 5.02 Å². The van der Waals surface area contributed by atoms with E-state index in [9.17, 15) is 4.79 Å². The first-order valence-corrected chi connectivity index (χ1v) is 6.95. The van der Waals surface area contributed by atoms with Crippen molar-refractivity contribution in [3.63, 3.8) is 0 Å². The first kappa shape index (κ1) is 12.8. The van der Waals surface area contributed by atoms with Crippen molar-refractivity contribution in [2.24, 2.45) is 0 Å². The Morgan fingerprint density at radius 1 is 1.53 bits per heavy atom. The summed E-state index contributed by atoms with van der Waals surface area (Å²) < 4.78 is 5.84. The molecule has 3 rings (SSSR count). The zero-order chi connectivity index (χ0) is 13.4. The lowest BCUT2D eigenvalue weighted by Gasteiger charge is -2.15. The normalized spacial score (nSPS) is 25.6. The fourth-order valence-electron chi connectivity index (χ4n) is 2.69. The van der Waals surface area contributed by atoms with Gasteiger partial charge in [-0.05, 0) is 30.2 Å². The average molecular weight is 281 g/mol. The summed E-state index contributed by atoms with van der Waals surface area (Å²) in [5, 5.41) is 4.04. The van der Waals surface area contributed by atoms with E-state index in [1.807, 2.05) is 25.2 Å². The molecule has 1 amide bonds. The van der Waals surface area contributed by atoms with E-state index >= 15 is 0 Å². The van der Waals surface area contributed by atoms with Gasteiger partial charge in [0.05, 0.1) is 6.04 Å². The highest BCUT2D eigenvalue weighted by Gasteiger charge is 2.30. The number of hydrogen-bond acceptors (Lipinski definition) is 3. The van der Waals surface area contributed by atoms with Crippen molar-refractivity contribution in [2.45, 2.75) is 25.0 Å². The van der Waals surface area contributed by atoms with E-state index in [1.165, 1.54) is 0 Å². The van der Waals surface area contributed by atoms with E-state index in [-0.39, 0.29) is 18.1 Å². The van der Waals surface area contributed by atoms with Crippen LogP contribution in [0.1, 0.15) is 12.0 Å². The van der Waals surface area contributed by atoms with Crippen LogP contribution in [0.4, 0.5) is 0 Å². The fourth-order valence-corrected chi connectivity index (χ4v) is 2.88. The molecule has 102 valence electrons. The number of rotatable bonds is 3. The van der Waals surface area contributed by atoms with Crippen molar-refractivity contribution < 1.29 is 9.53 Å². The fraction of sp³-hybridized carbons (Fsp3) is 0.500. The number of carbonyl (C=O) groups is 1. The molecule has 0 spiro atoms. The standard InChI is InChI=1S/C14H17ClN2O2/c1-17-5-4-12(14(17)18)16-8-11-7-9-6-10(15)2-3-13(9)19-11/h2-3,6,11-12,16H,4-5,7-8H2,1H3. The van der Waals surface area contributed by atoms with Gasteiger partial charge in [-0.2, -0.15) is 0 Å². The van der Waals surface area contributed by atoms with Gasteiger partial charge in [0, 0.05) is 31.6 Å². The Labute approximate surface area is 117 Å². The highest BCUT2D eigenvalue weighted by atomic mass is 35.5. The van der Waals surface area contributed by atoms with Crippen LogP contribution in [0.5, 0.6) is 5.75 Å². The molecular formula is C14H17ClN2O2. The third-order valence-electron chi connectivity index (χ3n) is 3.78. The lowest BCUT2D eigenvalue weighted by atomic mass is 10.1. The van der Waals surface area contributed by atoms with Gasteiger partial charge in [0.15, 0.2) is 0 Å². The molecule has 1 saturated heterocycles. The number of likely N-dealkylation sites (N-methyl/N-ethyl adjacent to an activating group) is 1. The number of halogens is 1. The second-order valence-corrected chi connectivity index (χ2v) is 5.64. The quantitative estimate of drug-likeness (QED) is 0.912. The van der Waals surface area contributed by atoms with Gasteiger partial charge in [-0.15, -0.1) is 0 Å². The maximum absolute atomic E-state index is 11.8. The first-order valence-electron chi connectivity index (χ1n) is 6.57. The van der Waals surface area contributed by atoms with Crippen LogP contribution in [0.15, 0.2) is 18.2 Å². The van der Waals surface area contributed by atoms with Crippen LogP contribution >= 0.6 is 11.6 Å². The van der Waals surface area contributed by atoms with Crippen molar-refractivity contribution in [3.05, 3.63) is 28.8 Å². The summed E-state index contributed by atoms with van der Waals surface area (Å²) in [4.78, 5) is 13.5. The van der Waals surface area contributed by atoms with E-state index in [4.69, 9.17) is 16.3 Å². The van der Waals surface area contributed by atoms with E-state index in [1.54, 1.807) is 4.90 Å². The maximum atomic E-state index is 11.8. The summed E-state index contributed by atoms with van der Waals surface area (Å²) in [7, 11) is 1.84. The molecule has 0 aromatic heterocycles. The average Bonchev–Trinajstić information content (AvgIpc) is 2.92. The van der Waals surface area contributed by atoms with Crippen LogP contribution in [0.3, 0.4) is 0 Å². The third-order valence-corrected chi connectivity index (χ3v) is 4.02. The zero-order valence-corrected chi connectivity index (χ0v) is 11.6. The minimum Gasteiger partial charge on any atom is -0.488 e. The van der Waals surface area contributed by atoms with E-state index < -0.39 is 0 Å². The van der Waals surface area contributed by atoms with Gasteiger partial charge in [-0.25, -0.2) is 0 Å². The van der Waals surface area contributed by atoms with Crippen LogP contribution in [-0.2, 0) is 11.2 Å². The number of ether oxygens (including phenoxy) is 1. The molecule has 2 heterocycles. The molecule has 0 radical (unpaired) electrons. The van der Waals surface area contributed by atoms with Crippen LogP contribution in [0, 0.1) is 0 Å². The molecule has 19 heavy (non-hydrogen) atoms. The van der Waals surface area contributed by atoms with Gasteiger partial charge >= 0.3 is 0 Å². The predicted molar refractivity (Wildman–Crippen MR) is 73.6 cm³/mol. The van der Waals surface area contributed by atoms with E-state index in [2.05, 4.69) is 5.32 Å². The summed E-state index contributed by atoms with van der Waals surface area (Å²) in [6.45, 7) is 1.52. The van der Waals surface area contributed by atoms with Crippen LogP contribution in [0.25, 0.3) is 0 Å². The molecule has 1 fully saturated rings. The molecule has 2 aliphatic rings. The molecule has 4 nitrogen and oxygen atoms in total. The number of likely N-dealkylation sites (tertiary alicyclic amines) is 1. The summed E-state index contributed by atoms with van der Waals surface area (Å²) in [6.07, 6.45) is 1.81. The highest BCUT2D eigenvalue weighted by Crippen LogP contribution is 2.30. The molecule has 1 N–H and O–H groups in total. The van der Waals surface area contributed by atoms with Crippen molar-refractivity contribution >= 4 is 17.5 Å². The molecular weight excluding hydrogens is 264 g/mol. The Bertz CT molecular complexity index is 506. The highest BCUT2D eigenvalue weighted by molar-refractivity contribution is 6.30. The maximum Gasteiger partial charge on any atom is 0.239 e. The van der Waals surface area contributed by atoms with Crippen molar-refractivity contribution in [1.82, 2.24) is 10.2 Å². The van der Waals surface area contributed by atoms with Crippen LogP contribution in [-0.4, -0.2) is 43.1 Å². The number of fused-ring (bicyclic) bond motifs is 1. The number of nitrogens with one attached hydrogen (secondary N) is 1. The minimum absolute atomic E-state index is 0.0547. The van der Waals surface area contributed by atoms with Crippen LogP contribution < -0.4 is 10.1 Å². The number of amides is 1. The Morgan fingerprint density at radius 3 is 3.11 bits per heavy atom. The molecule has 2 unspecified atom stereocenters. The van der Waals surface area contributed by atoms with Gasteiger partial charge in [0.2, 0.25) is 5.91 Å². The molecule has 0 bridgehead atoms. The second-order valence-electron chi connectivity index (χ2n) is 5.21. The van der Waals surface area contributed by atoms with Gasteiger partial charge < -0.3 is 15.0 Å². The largest absolute Gasteiger partial charge is 0.488 e. The topological polar surface area (TPSA) is 41.6 Å². The molecule has 2 atom stereocenters. The smallest absolute Gasteiger partial charge is 0.239 e. The molecule has 1 aromatic carbocycles. The summed E-state index contributed by atoms with van der Waals surface area (Å²) in [6, 6.07) is 5.64. The first-order chi connectivity index (χ1) is 9.13. The Hall–Kier alpha value is -1.26. The lowest BCUT2D eigenvalue weighted by Crippen LogP contribution is -2.41. The summed E-state index contributed by atoms with van der Waals surface area (Å²) in [5.74, 6) is 1.09. The zero-order valence-electron chi connectivity index (χ0n) is 10.9. The Morgan fingerprint density at radius 2 is 2.37 bits per heavy atom. The predicted octanol–water partition coefficient (Wildman–Crippen LogP) is 1.46. The summed E-state index contributed by atoms with van der Waals surface area (Å²) in [5.41, 5.74) is 1.15. The van der Waals surface area contributed by atoms with E-state index in [0.717, 1.165) is 35.7 Å². The molecule has 2 aliphatic heterocycles. The van der Waals surface area contributed by atoms with E-state index in [0.29, 0.717) is 6.54 Å². The van der Waals surface area contributed by atoms with Gasteiger partial charge in [-0.1, -0.05) is 11.6 Å². The van der Waals surface area contributed by atoms with Crippen molar-refractivity contribution in [2.75, 3.05) is 20.1 Å². The molecule has 1 aromatic rings. The van der Waals surface area contributed by atoms with Crippen molar-refractivity contribution in [3.8, 4) is 5.75 Å². The van der Waals surface area contributed by atoms with Crippen molar-refractivity contribution in [1.29, 1.82) is 0 Å². The second kappa shape index (κ2) is 5.02. The number of nitrogens with zero attached hydrogens (tertiary/aromatic N) is 1.